The van der Waals surface area contributed by atoms with Gasteiger partial charge in [0.1, 0.15) is 12.6 Å². The molecule has 1 aromatic carbocycles. The van der Waals surface area contributed by atoms with Crippen molar-refractivity contribution in [2.24, 2.45) is 0 Å². The third kappa shape index (κ3) is 4.41. The molecule has 1 atom stereocenters. The predicted octanol–water partition coefficient (Wildman–Crippen LogP) is 0.809. The van der Waals surface area contributed by atoms with Crippen LogP contribution in [0.5, 0.6) is 0 Å². The summed E-state index contributed by atoms with van der Waals surface area (Å²) in [5.41, 5.74) is 1.58. The molecular formula is C17H17F3N4O4. The molecule has 2 aliphatic heterocycles. The molecular weight excluding hydrogens is 381 g/mol. The maximum Gasteiger partial charge on any atom is 0.405 e. The largest absolute Gasteiger partial charge is 0.405 e. The summed E-state index contributed by atoms with van der Waals surface area (Å²) in [6.07, 6.45) is -4.10. The lowest BCUT2D eigenvalue weighted by molar-refractivity contribution is -0.137. The fourth-order valence-corrected chi connectivity index (χ4v) is 3.14. The first kappa shape index (κ1) is 19.6. The second-order valence-electron chi connectivity index (χ2n) is 6.54. The number of benzene rings is 1. The van der Waals surface area contributed by atoms with E-state index in [9.17, 15) is 32.3 Å². The van der Waals surface area contributed by atoms with Crippen molar-refractivity contribution >= 4 is 23.8 Å². The number of amides is 5. The van der Waals surface area contributed by atoms with Gasteiger partial charge in [-0.1, -0.05) is 12.1 Å². The summed E-state index contributed by atoms with van der Waals surface area (Å²) >= 11 is 0. The molecule has 0 radical (unpaired) electrons. The van der Waals surface area contributed by atoms with Gasteiger partial charge in [0.05, 0.1) is 0 Å². The average molecular weight is 398 g/mol. The molecule has 3 rings (SSSR count). The van der Waals surface area contributed by atoms with Gasteiger partial charge in [0.25, 0.3) is 5.91 Å². The van der Waals surface area contributed by atoms with E-state index < -0.39 is 30.7 Å². The molecule has 1 unspecified atom stereocenters. The number of nitrogens with zero attached hydrogens (tertiary/aromatic N) is 1. The Morgan fingerprint density at radius 1 is 1.21 bits per heavy atom. The molecule has 1 aromatic rings. The van der Waals surface area contributed by atoms with E-state index in [1.807, 2.05) is 0 Å². The van der Waals surface area contributed by atoms with Crippen LogP contribution in [-0.2, 0) is 22.7 Å². The molecule has 8 nitrogen and oxygen atoms in total. The Bertz CT molecular complexity index is 840. The van der Waals surface area contributed by atoms with E-state index in [2.05, 4.69) is 10.6 Å². The Kier molecular flexibility index (Phi) is 5.25. The number of fused-ring (bicyclic) bond motifs is 1. The van der Waals surface area contributed by atoms with Crippen molar-refractivity contribution < 1.29 is 32.3 Å². The molecule has 0 spiro atoms. The van der Waals surface area contributed by atoms with Crippen molar-refractivity contribution in [2.75, 3.05) is 6.54 Å². The number of rotatable bonds is 4. The lowest BCUT2D eigenvalue weighted by Gasteiger charge is -2.29. The van der Waals surface area contributed by atoms with E-state index in [-0.39, 0.29) is 37.7 Å². The highest BCUT2D eigenvalue weighted by Crippen LogP contribution is 2.28. The summed E-state index contributed by atoms with van der Waals surface area (Å²) in [6, 6.07) is 3.14. The van der Waals surface area contributed by atoms with E-state index in [0.717, 1.165) is 0 Å². The van der Waals surface area contributed by atoms with Gasteiger partial charge in [-0.3, -0.25) is 19.7 Å². The predicted molar refractivity (Wildman–Crippen MR) is 88.8 cm³/mol. The minimum Gasteiger partial charge on any atom is -0.334 e. The SMILES string of the molecule is O=C1CCC(N2Cc3ccc(CNC(=O)NCC(F)(F)F)cc3C2=O)C(=O)N1. The third-order valence-corrected chi connectivity index (χ3v) is 4.50. The van der Waals surface area contributed by atoms with Crippen molar-refractivity contribution in [2.45, 2.75) is 38.1 Å². The van der Waals surface area contributed by atoms with E-state index in [1.54, 1.807) is 17.4 Å². The molecule has 2 aliphatic rings. The lowest BCUT2D eigenvalue weighted by Crippen LogP contribution is -2.52. The topological polar surface area (TPSA) is 108 Å². The smallest absolute Gasteiger partial charge is 0.334 e. The van der Waals surface area contributed by atoms with Gasteiger partial charge >= 0.3 is 12.2 Å². The lowest BCUT2D eigenvalue weighted by atomic mass is 10.0. The first-order valence-electron chi connectivity index (χ1n) is 8.49. The van der Waals surface area contributed by atoms with E-state index in [4.69, 9.17) is 0 Å². The van der Waals surface area contributed by atoms with Crippen molar-refractivity contribution in [3.63, 3.8) is 0 Å². The first-order chi connectivity index (χ1) is 13.1. The minimum absolute atomic E-state index is 0.0668. The summed E-state index contributed by atoms with van der Waals surface area (Å²) in [5, 5.41) is 6.19. The van der Waals surface area contributed by atoms with Gasteiger partial charge in [-0.2, -0.15) is 13.2 Å². The van der Waals surface area contributed by atoms with Crippen LogP contribution in [0.4, 0.5) is 18.0 Å². The molecule has 28 heavy (non-hydrogen) atoms. The molecule has 2 heterocycles. The van der Waals surface area contributed by atoms with Crippen LogP contribution >= 0.6 is 0 Å². The summed E-state index contributed by atoms with van der Waals surface area (Å²) in [4.78, 5) is 48.7. The number of hydrogen-bond donors (Lipinski definition) is 3. The van der Waals surface area contributed by atoms with Gasteiger partial charge in [-0.25, -0.2) is 4.79 Å². The number of urea groups is 1. The van der Waals surface area contributed by atoms with Gasteiger partial charge in [-0.05, 0) is 23.6 Å². The van der Waals surface area contributed by atoms with Crippen molar-refractivity contribution in [3.05, 3.63) is 34.9 Å². The van der Waals surface area contributed by atoms with Crippen molar-refractivity contribution in [1.82, 2.24) is 20.9 Å². The Hall–Kier alpha value is -3.11. The Morgan fingerprint density at radius 3 is 2.64 bits per heavy atom. The van der Waals surface area contributed by atoms with E-state index >= 15 is 0 Å². The third-order valence-electron chi connectivity index (χ3n) is 4.50. The molecule has 0 saturated carbocycles. The van der Waals surface area contributed by atoms with Gasteiger partial charge < -0.3 is 15.5 Å². The molecule has 150 valence electrons. The molecule has 1 saturated heterocycles. The zero-order valence-corrected chi connectivity index (χ0v) is 14.6. The highest BCUT2D eigenvalue weighted by molar-refractivity contribution is 6.05. The second-order valence-corrected chi connectivity index (χ2v) is 6.54. The standard InChI is InChI=1S/C17H17F3N4O4/c18-17(19,20)8-22-16(28)21-6-9-1-2-10-7-24(15(27)11(10)5-9)12-3-4-13(25)23-14(12)26/h1-2,5,12H,3-4,6-8H2,(H2,21,22,28)(H,23,25,26). The van der Waals surface area contributed by atoms with Gasteiger partial charge in [0, 0.05) is 25.1 Å². The molecule has 1 fully saturated rings. The summed E-state index contributed by atoms with van der Waals surface area (Å²) in [7, 11) is 0. The molecule has 11 heteroatoms. The van der Waals surface area contributed by atoms with Crippen LogP contribution in [0.2, 0.25) is 0 Å². The number of piperidine rings is 1. The number of hydrogen-bond acceptors (Lipinski definition) is 4. The van der Waals surface area contributed by atoms with Crippen LogP contribution in [0.3, 0.4) is 0 Å². The maximum atomic E-state index is 12.7. The number of nitrogens with one attached hydrogen (secondary N) is 3. The highest BCUT2D eigenvalue weighted by Gasteiger charge is 2.39. The van der Waals surface area contributed by atoms with Gasteiger partial charge in [0.15, 0.2) is 0 Å². The number of carbonyl (C=O) groups is 4. The highest BCUT2D eigenvalue weighted by atomic mass is 19.4. The summed E-state index contributed by atoms with van der Waals surface area (Å²) < 4.78 is 36.2. The molecule has 5 amide bonds. The number of halogens is 3. The van der Waals surface area contributed by atoms with Crippen LogP contribution in [0.25, 0.3) is 0 Å². The van der Waals surface area contributed by atoms with Crippen molar-refractivity contribution in [3.8, 4) is 0 Å². The second kappa shape index (κ2) is 7.49. The maximum absolute atomic E-state index is 12.7. The van der Waals surface area contributed by atoms with E-state index in [0.29, 0.717) is 16.7 Å². The fourth-order valence-electron chi connectivity index (χ4n) is 3.14. The minimum atomic E-state index is -4.50. The average Bonchev–Trinajstić information content (AvgIpc) is 2.94. The first-order valence-corrected chi connectivity index (χ1v) is 8.49. The zero-order chi connectivity index (χ0) is 20.5. The van der Waals surface area contributed by atoms with Gasteiger partial charge in [-0.15, -0.1) is 0 Å². The van der Waals surface area contributed by atoms with Crippen LogP contribution in [-0.4, -0.2) is 47.4 Å². The van der Waals surface area contributed by atoms with E-state index in [1.165, 1.54) is 11.0 Å². The van der Waals surface area contributed by atoms with Crippen molar-refractivity contribution in [1.29, 1.82) is 0 Å². The number of imide groups is 1. The van der Waals surface area contributed by atoms with Crippen LogP contribution < -0.4 is 16.0 Å². The normalized spacial score (nSPS) is 19.3. The fraction of sp³-hybridized carbons (Fsp3) is 0.412. The molecule has 0 aromatic heterocycles. The van der Waals surface area contributed by atoms with Crippen LogP contribution in [0.1, 0.15) is 34.3 Å². The Labute approximate surface area is 157 Å². The Morgan fingerprint density at radius 2 is 1.96 bits per heavy atom. The quantitative estimate of drug-likeness (QED) is 0.653. The van der Waals surface area contributed by atoms with Crippen LogP contribution in [0.15, 0.2) is 18.2 Å². The zero-order valence-electron chi connectivity index (χ0n) is 14.6. The number of alkyl halides is 3. The summed E-state index contributed by atoms with van der Waals surface area (Å²) in [5.74, 6) is -1.25. The van der Waals surface area contributed by atoms with Crippen LogP contribution in [0, 0.1) is 0 Å². The Balaban J connectivity index is 1.62. The molecule has 0 bridgehead atoms. The number of carbonyl (C=O) groups excluding carboxylic acids is 4. The molecule has 3 N–H and O–H groups in total. The monoisotopic (exact) mass is 398 g/mol. The molecule has 0 aliphatic carbocycles. The van der Waals surface area contributed by atoms with Gasteiger partial charge in [0.2, 0.25) is 11.8 Å². The summed E-state index contributed by atoms with van der Waals surface area (Å²) in [6.45, 7) is -1.29.